The number of hydrogen-bond donors (Lipinski definition) is 2. The molecular formula is C2H3CrO4-. The van der Waals surface area contributed by atoms with Gasteiger partial charge in [0.2, 0.25) is 0 Å². The Kier molecular flexibility index (Phi) is 116. The molecule has 0 amide bonds. The topological polar surface area (TPSA) is 74.6 Å². The van der Waals surface area contributed by atoms with Crippen LogP contribution < -0.4 is 0 Å². The monoisotopic (exact) mass is 143 g/mol. The van der Waals surface area contributed by atoms with Gasteiger partial charge in [-0.1, -0.05) is 6.47 Å². The summed E-state index contributed by atoms with van der Waals surface area (Å²) in [6, 6.07) is 0. The molecule has 0 aliphatic heterocycles. The molecule has 0 saturated carbocycles. The molecule has 0 aromatic heterocycles. The largest absolute Gasteiger partial charge is 0.665 e. The predicted octanol–water partition coefficient (Wildman–Crippen LogP) is -0.690. The average molecular weight is 143 g/mol. The van der Waals surface area contributed by atoms with E-state index in [1.165, 1.54) is 0 Å². The molecule has 0 fully saturated rings. The first-order valence-corrected chi connectivity index (χ1v) is 0.922. The molecule has 4 nitrogen and oxygen atoms in total. The number of hydrogen-bond acceptors (Lipinski definition) is 2. The third-order valence-corrected chi connectivity index (χ3v) is 0. The van der Waals surface area contributed by atoms with Gasteiger partial charge in [0.05, 0.1) is 0 Å². The summed E-state index contributed by atoms with van der Waals surface area (Å²) < 4.78 is 0. The molecule has 0 aromatic rings. The maximum absolute atomic E-state index is 8.36. The number of carbonyl (C=O) groups is 1. The van der Waals surface area contributed by atoms with Crippen molar-refractivity contribution in [2.75, 3.05) is 0 Å². The number of aliphatic hydroxyl groups excluding tert-OH is 1. The van der Waals surface area contributed by atoms with Gasteiger partial charge >= 0.3 is 0 Å². The van der Waals surface area contributed by atoms with Crippen LogP contribution in [0.25, 0.3) is 0 Å². The summed E-state index contributed by atoms with van der Waals surface area (Å²) in [5, 5.41) is 13.7. The second-order valence-corrected chi connectivity index (χ2v) is 0.197. The van der Waals surface area contributed by atoms with Crippen LogP contribution in [0.5, 0.6) is 0 Å². The summed E-state index contributed by atoms with van der Waals surface area (Å²) in [7, 11) is 0. The van der Waals surface area contributed by atoms with Crippen molar-refractivity contribution in [2.45, 2.75) is 0 Å². The molecule has 7 heavy (non-hydrogen) atoms. The Hall–Kier alpha value is -0.528. The molecule has 0 aliphatic carbocycles. The molecule has 0 aromatic carbocycles. The van der Waals surface area contributed by atoms with Gasteiger partial charge in [-0.15, -0.1) is 0 Å². The normalized spacial score (nSPS) is 3.43. The van der Waals surface area contributed by atoms with Crippen LogP contribution in [0, 0.1) is 0 Å². The summed E-state index contributed by atoms with van der Waals surface area (Å²) in [6.07, 6.45) is 0. The summed E-state index contributed by atoms with van der Waals surface area (Å²) >= 11 is 0. The van der Waals surface area contributed by atoms with Crippen LogP contribution in [0.2, 0.25) is 0 Å². The van der Waals surface area contributed by atoms with E-state index in [4.69, 9.17) is 19.8 Å². The molecule has 0 rings (SSSR count). The SMILES string of the molecule is O=CO.O=[C-]O.[Cr]. The molecule has 0 saturated heterocycles. The minimum atomic E-state index is -0.250. The third kappa shape index (κ3) is 237. The summed E-state index contributed by atoms with van der Waals surface area (Å²) in [5.74, 6) is 0. The minimum absolute atomic E-state index is 0. The van der Waals surface area contributed by atoms with Crippen LogP contribution in [0.3, 0.4) is 0 Å². The summed E-state index contributed by atoms with van der Waals surface area (Å²) in [4.78, 5) is 16.6. The van der Waals surface area contributed by atoms with E-state index in [1.807, 2.05) is 0 Å². The van der Waals surface area contributed by atoms with Crippen molar-refractivity contribution >= 4 is 12.9 Å². The van der Waals surface area contributed by atoms with E-state index in [-0.39, 0.29) is 23.8 Å². The van der Waals surface area contributed by atoms with Gasteiger partial charge in [0.15, 0.2) is 0 Å². The fourth-order valence-electron chi connectivity index (χ4n) is 0. The molecule has 0 atom stereocenters. The Morgan fingerprint density at radius 3 is 1.57 bits per heavy atom. The van der Waals surface area contributed by atoms with E-state index >= 15 is 0 Å². The van der Waals surface area contributed by atoms with Gasteiger partial charge in [0.1, 0.15) is 0 Å². The van der Waals surface area contributed by atoms with Gasteiger partial charge in [0, 0.05) is 17.4 Å². The summed E-state index contributed by atoms with van der Waals surface area (Å²) in [5.41, 5.74) is 0. The van der Waals surface area contributed by atoms with E-state index < -0.39 is 0 Å². The first-order chi connectivity index (χ1) is 2.83. The molecule has 0 heterocycles. The first-order valence-electron chi connectivity index (χ1n) is 0.922. The molecule has 0 bridgehead atoms. The second-order valence-electron chi connectivity index (χ2n) is 0.197. The van der Waals surface area contributed by atoms with E-state index in [2.05, 4.69) is 0 Å². The zero-order chi connectivity index (χ0) is 5.41. The van der Waals surface area contributed by atoms with Crippen molar-refractivity contribution in [3.8, 4) is 0 Å². The van der Waals surface area contributed by atoms with Crippen LogP contribution in [-0.2, 0) is 27.0 Å². The maximum Gasteiger partial charge on any atom is 0.290 e. The zero-order valence-corrected chi connectivity index (χ0v) is 4.47. The number of carboxylic acid groups (broad SMARTS) is 1. The second kappa shape index (κ2) is 50.5. The Labute approximate surface area is 50.9 Å². The van der Waals surface area contributed by atoms with Crippen LogP contribution >= 0.6 is 0 Å². The smallest absolute Gasteiger partial charge is 0.290 e. The maximum atomic E-state index is 8.36. The standard InChI is InChI=1S/CH2O2.CHO2.Cr/c2*2-1-3;/h1H,(H,2,3);(H,2,3);/q;-1;. The van der Waals surface area contributed by atoms with Gasteiger partial charge in [0.25, 0.3) is 6.47 Å². The zero-order valence-electron chi connectivity index (χ0n) is 3.20. The van der Waals surface area contributed by atoms with Crippen LogP contribution in [0.15, 0.2) is 0 Å². The quantitative estimate of drug-likeness (QED) is 0.347. The molecule has 5 heteroatoms. The molecule has 0 spiro atoms. The molecule has 0 radical (unpaired) electrons. The fraction of sp³-hybridized carbons (Fsp3) is 0. The molecule has 0 aliphatic rings. The van der Waals surface area contributed by atoms with E-state index in [0.717, 1.165) is 0 Å². The van der Waals surface area contributed by atoms with Gasteiger partial charge < -0.3 is 15.0 Å². The van der Waals surface area contributed by atoms with Crippen molar-refractivity contribution in [2.24, 2.45) is 0 Å². The van der Waals surface area contributed by atoms with Gasteiger partial charge in [-0.3, -0.25) is 4.79 Å². The van der Waals surface area contributed by atoms with Crippen molar-refractivity contribution in [3.05, 3.63) is 0 Å². The Morgan fingerprint density at radius 1 is 1.57 bits per heavy atom. The molecule has 42 valence electrons. The van der Waals surface area contributed by atoms with Crippen molar-refractivity contribution in [1.82, 2.24) is 0 Å². The molecular weight excluding hydrogens is 140 g/mol. The van der Waals surface area contributed by atoms with Gasteiger partial charge in [-0.05, 0) is 0 Å². The molecule has 0 unspecified atom stereocenters. The van der Waals surface area contributed by atoms with Crippen molar-refractivity contribution in [1.29, 1.82) is 0 Å². The van der Waals surface area contributed by atoms with E-state index in [9.17, 15) is 0 Å². The van der Waals surface area contributed by atoms with Crippen molar-refractivity contribution in [3.63, 3.8) is 0 Å². The van der Waals surface area contributed by atoms with Gasteiger partial charge in [-0.2, -0.15) is 0 Å². The fourth-order valence-corrected chi connectivity index (χ4v) is 0. The van der Waals surface area contributed by atoms with Crippen LogP contribution in [-0.4, -0.2) is 23.2 Å². The minimum Gasteiger partial charge on any atom is -0.665 e. The van der Waals surface area contributed by atoms with Crippen LogP contribution in [0.1, 0.15) is 0 Å². The Balaban J connectivity index is -0.0000000400. The van der Waals surface area contributed by atoms with Crippen molar-refractivity contribution < 1.29 is 37.2 Å². The third-order valence-electron chi connectivity index (χ3n) is 0. The van der Waals surface area contributed by atoms with E-state index in [1.54, 1.807) is 0 Å². The molecule has 2 N–H and O–H groups in total. The van der Waals surface area contributed by atoms with E-state index in [0.29, 0.717) is 6.47 Å². The van der Waals surface area contributed by atoms with Gasteiger partial charge in [-0.25, -0.2) is 0 Å². The Bertz CT molecular complexity index is 30.7. The summed E-state index contributed by atoms with van der Waals surface area (Å²) in [6.45, 7) is 0.250. The first kappa shape index (κ1) is 16.1. The predicted molar refractivity (Wildman–Crippen MR) is 17.0 cm³/mol. The Morgan fingerprint density at radius 2 is 1.57 bits per heavy atom. The number of rotatable bonds is 0. The average Bonchev–Trinajstić information content (AvgIpc) is 1.39. The van der Waals surface area contributed by atoms with Crippen LogP contribution in [0.4, 0.5) is 0 Å².